The van der Waals surface area contributed by atoms with Crippen LogP contribution in [-0.2, 0) is 11.2 Å². The minimum absolute atomic E-state index is 0.0799. The Bertz CT molecular complexity index is 798. The summed E-state index contributed by atoms with van der Waals surface area (Å²) in [7, 11) is 0. The van der Waals surface area contributed by atoms with Crippen LogP contribution in [0.3, 0.4) is 0 Å². The first-order valence-electron chi connectivity index (χ1n) is 7.78. The lowest BCUT2D eigenvalue weighted by molar-refractivity contribution is -0.121. The van der Waals surface area contributed by atoms with Gasteiger partial charge in [-0.2, -0.15) is 5.10 Å². The molecule has 0 radical (unpaired) electrons. The zero-order valence-electron chi connectivity index (χ0n) is 13.5. The van der Waals surface area contributed by atoms with Crippen molar-refractivity contribution in [2.24, 2.45) is 0 Å². The maximum Gasteiger partial charge on any atom is 0.226 e. The highest BCUT2D eigenvalue weighted by molar-refractivity contribution is 5.78. The minimum atomic E-state index is -0.0799. The first-order chi connectivity index (χ1) is 11.7. The van der Waals surface area contributed by atoms with Crippen molar-refractivity contribution in [2.45, 2.75) is 13.3 Å². The molecule has 0 saturated heterocycles. The van der Waals surface area contributed by atoms with Gasteiger partial charge >= 0.3 is 0 Å². The van der Waals surface area contributed by atoms with Crippen LogP contribution in [0.4, 0.5) is 0 Å². The maximum atomic E-state index is 11.9. The molecule has 1 heterocycles. The molecule has 24 heavy (non-hydrogen) atoms. The van der Waals surface area contributed by atoms with Gasteiger partial charge in [-0.25, -0.2) is 4.68 Å². The van der Waals surface area contributed by atoms with Crippen molar-refractivity contribution in [3.8, 4) is 11.6 Å². The number of ether oxygens (including phenoxy) is 1. The molecule has 0 aliphatic heterocycles. The van der Waals surface area contributed by atoms with E-state index in [0.29, 0.717) is 12.3 Å². The van der Waals surface area contributed by atoms with Gasteiger partial charge in [-0.15, -0.1) is 0 Å². The highest BCUT2D eigenvalue weighted by Gasteiger charge is 2.09. The third kappa shape index (κ3) is 4.01. The van der Waals surface area contributed by atoms with E-state index in [1.54, 1.807) is 4.68 Å². The zero-order chi connectivity index (χ0) is 16.8. The van der Waals surface area contributed by atoms with E-state index in [1.165, 1.54) is 0 Å². The molecule has 1 N–H and O–H groups in total. The summed E-state index contributed by atoms with van der Waals surface area (Å²) in [4.78, 5) is 11.9. The Balaban J connectivity index is 1.58. The van der Waals surface area contributed by atoms with Gasteiger partial charge in [0.15, 0.2) is 6.73 Å². The molecular weight excluding hydrogens is 302 g/mol. The van der Waals surface area contributed by atoms with Crippen LogP contribution < -0.4 is 10.1 Å². The van der Waals surface area contributed by atoms with Crippen LogP contribution in [0, 0.1) is 6.92 Å². The summed E-state index contributed by atoms with van der Waals surface area (Å²) >= 11 is 0. The third-order valence-corrected chi connectivity index (χ3v) is 3.50. The van der Waals surface area contributed by atoms with Gasteiger partial charge in [0.1, 0.15) is 0 Å². The first kappa shape index (κ1) is 15.8. The largest absolute Gasteiger partial charge is 0.456 e. The van der Waals surface area contributed by atoms with Crippen LogP contribution >= 0.6 is 0 Å². The first-order valence-corrected chi connectivity index (χ1v) is 7.78. The fourth-order valence-corrected chi connectivity index (χ4v) is 2.37. The number of nitrogens with one attached hydrogen (secondary N) is 1. The van der Waals surface area contributed by atoms with Gasteiger partial charge in [-0.05, 0) is 24.6 Å². The zero-order valence-corrected chi connectivity index (χ0v) is 13.5. The summed E-state index contributed by atoms with van der Waals surface area (Å²) in [5, 5.41) is 7.19. The third-order valence-electron chi connectivity index (χ3n) is 3.50. The van der Waals surface area contributed by atoms with E-state index in [0.717, 1.165) is 16.9 Å². The van der Waals surface area contributed by atoms with Crippen LogP contribution in [0.5, 0.6) is 5.88 Å². The number of benzene rings is 2. The molecule has 0 saturated carbocycles. The normalized spacial score (nSPS) is 10.4. The topological polar surface area (TPSA) is 56.1 Å². The summed E-state index contributed by atoms with van der Waals surface area (Å²) in [5.41, 5.74) is 2.74. The van der Waals surface area contributed by atoms with Crippen molar-refractivity contribution >= 4 is 5.91 Å². The van der Waals surface area contributed by atoms with Crippen molar-refractivity contribution in [2.75, 3.05) is 6.73 Å². The summed E-state index contributed by atoms with van der Waals surface area (Å²) < 4.78 is 7.41. The lowest BCUT2D eigenvalue weighted by Gasteiger charge is -2.10. The van der Waals surface area contributed by atoms with Crippen molar-refractivity contribution in [1.29, 1.82) is 0 Å². The van der Waals surface area contributed by atoms with E-state index in [9.17, 15) is 4.79 Å². The van der Waals surface area contributed by atoms with Gasteiger partial charge in [0.25, 0.3) is 0 Å². The van der Waals surface area contributed by atoms with E-state index in [2.05, 4.69) is 10.4 Å². The molecule has 0 fully saturated rings. The van der Waals surface area contributed by atoms with Crippen molar-refractivity contribution < 1.29 is 9.53 Å². The highest BCUT2D eigenvalue weighted by atomic mass is 16.5. The van der Waals surface area contributed by atoms with Crippen LogP contribution in [0.25, 0.3) is 5.69 Å². The monoisotopic (exact) mass is 321 g/mol. The lowest BCUT2D eigenvalue weighted by Crippen LogP contribution is -2.29. The predicted molar refractivity (Wildman–Crippen MR) is 92.1 cm³/mol. The maximum absolute atomic E-state index is 11.9. The molecule has 5 heteroatoms. The van der Waals surface area contributed by atoms with Gasteiger partial charge in [-0.3, -0.25) is 4.79 Å². The second kappa shape index (κ2) is 7.46. The molecule has 0 unspecified atom stereocenters. The molecule has 2 aromatic carbocycles. The Morgan fingerprint density at radius 3 is 2.46 bits per heavy atom. The number of carbonyl (C=O) groups is 1. The summed E-state index contributed by atoms with van der Waals surface area (Å²) in [6.07, 6.45) is 0.334. The molecule has 0 aliphatic carbocycles. The fourth-order valence-electron chi connectivity index (χ4n) is 2.37. The quantitative estimate of drug-likeness (QED) is 0.710. The summed E-state index contributed by atoms with van der Waals surface area (Å²) in [5.74, 6) is 0.516. The highest BCUT2D eigenvalue weighted by Crippen LogP contribution is 2.18. The molecule has 1 amide bonds. The van der Waals surface area contributed by atoms with E-state index < -0.39 is 0 Å². The van der Waals surface area contributed by atoms with E-state index in [1.807, 2.05) is 73.7 Å². The molecule has 0 atom stereocenters. The number of aromatic nitrogens is 2. The summed E-state index contributed by atoms with van der Waals surface area (Å²) in [6.45, 7) is 2.00. The number of aryl methyl sites for hydroxylation is 1. The standard InChI is InChI=1S/C19H19N3O2/c1-15-12-19(22(21-15)17-10-6-3-7-11-17)24-14-20-18(23)13-16-8-4-2-5-9-16/h2-12H,13-14H2,1H3,(H,20,23). The second-order valence-corrected chi connectivity index (χ2v) is 5.42. The molecule has 0 spiro atoms. The molecule has 122 valence electrons. The molecule has 5 nitrogen and oxygen atoms in total. The fraction of sp³-hybridized carbons (Fsp3) is 0.158. The number of carbonyl (C=O) groups excluding carboxylic acids is 1. The number of nitrogens with zero attached hydrogens (tertiary/aromatic N) is 2. The number of hydrogen-bond donors (Lipinski definition) is 1. The number of amides is 1. The van der Waals surface area contributed by atoms with Crippen LogP contribution in [0.2, 0.25) is 0 Å². The van der Waals surface area contributed by atoms with E-state index in [4.69, 9.17) is 4.74 Å². The minimum Gasteiger partial charge on any atom is -0.456 e. The predicted octanol–water partition coefficient (Wildman–Crippen LogP) is 2.88. The van der Waals surface area contributed by atoms with Crippen molar-refractivity contribution in [3.05, 3.63) is 78.0 Å². The molecular formula is C19H19N3O2. The number of hydrogen-bond acceptors (Lipinski definition) is 3. The Labute approximate surface area is 140 Å². The van der Waals surface area contributed by atoms with Gasteiger partial charge < -0.3 is 10.1 Å². The van der Waals surface area contributed by atoms with Gasteiger partial charge in [0, 0.05) is 6.07 Å². The average molecular weight is 321 g/mol. The Hall–Kier alpha value is -3.08. The Morgan fingerprint density at radius 1 is 1.08 bits per heavy atom. The van der Waals surface area contributed by atoms with Gasteiger partial charge in [-0.1, -0.05) is 48.5 Å². The SMILES string of the molecule is Cc1cc(OCNC(=O)Cc2ccccc2)n(-c2ccccc2)n1. The van der Waals surface area contributed by atoms with Crippen molar-refractivity contribution in [3.63, 3.8) is 0 Å². The van der Waals surface area contributed by atoms with Crippen LogP contribution in [-0.4, -0.2) is 22.4 Å². The Morgan fingerprint density at radius 2 is 1.75 bits per heavy atom. The van der Waals surface area contributed by atoms with Crippen LogP contribution in [0.15, 0.2) is 66.7 Å². The number of rotatable bonds is 6. The number of para-hydroxylation sites is 1. The summed E-state index contributed by atoms with van der Waals surface area (Å²) in [6, 6.07) is 21.2. The second-order valence-electron chi connectivity index (χ2n) is 5.42. The molecule has 1 aromatic heterocycles. The van der Waals surface area contributed by atoms with Gasteiger partial charge in [0.2, 0.25) is 11.8 Å². The average Bonchev–Trinajstić information content (AvgIpc) is 2.97. The molecule has 0 bridgehead atoms. The smallest absolute Gasteiger partial charge is 0.226 e. The van der Waals surface area contributed by atoms with Gasteiger partial charge in [0.05, 0.1) is 17.8 Å². The Kier molecular flexibility index (Phi) is 4.91. The van der Waals surface area contributed by atoms with E-state index in [-0.39, 0.29) is 12.6 Å². The molecule has 3 rings (SSSR count). The molecule has 3 aromatic rings. The molecule has 0 aliphatic rings. The van der Waals surface area contributed by atoms with Crippen molar-refractivity contribution in [1.82, 2.24) is 15.1 Å². The lowest BCUT2D eigenvalue weighted by atomic mass is 10.1. The van der Waals surface area contributed by atoms with Crippen LogP contribution in [0.1, 0.15) is 11.3 Å². The van der Waals surface area contributed by atoms with E-state index >= 15 is 0 Å².